The zero-order valence-corrected chi connectivity index (χ0v) is 12.7. The van der Waals surface area contributed by atoms with E-state index in [4.69, 9.17) is 10.6 Å². The van der Waals surface area contributed by atoms with Crippen molar-refractivity contribution in [3.8, 4) is 5.75 Å². The molecule has 1 aromatic carbocycles. The van der Waals surface area contributed by atoms with Crippen molar-refractivity contribution >= 4 is 0 Å². The normalized spacial score (nSPS) is 13.6. The van der Waals surface area contributed by atoms with Crippen LogP contribution in [0.4, 0.5) is 0 Å². The van der Waals surface area contributed by atoms with Gasteiger partial charge in [0.2, 0.25) is 0 Å². The van der Waals surface area contributed by atoms with Crippen molar-refractivity contribution in [2.24, 2.45) is 5.84 Å². The number of likely N-dealkylation sites (N-methyl/N-ethyl adjacent to an activating group) is 1. The Hall–Kier alpha value is -1.10. The summed E-state index contributed by atoms with van der Waals surface area (Å²) in [5.41, 5.74) is 3.94. The van der Waals surface area contributed by atoms with E-state index in [1.165, 1.54) is 0 Å². The molecule has 1 atom stereocenters. The highest BCUT2D eigenvalue weighted by Gasteiger charge is 2.35. The van der Waals surface area contributed by atoms with Crippen LogP contribution < -0.4 is 16.0 Å². The molecule has 0 aromatic heterocycles. The summed E-state index contributed by atoms with van der Waals surface area (Å²) in [5, 5.41) is 0. The van der Waals surface area contributed by atoms with Gasteiger partial charge < -0.3 is 4.74 Å². The van der Waals surface area contributed by atoms with E-state index in [0.717, 1.165) is 24.4 Å². The van der Waals surface area contributed by atoms with Crippen LogP contribution >= 0.6 is 0 Å². The summed E-state index contributed by atoms with van der Waals surface area (Å²) in [7, 11) is 1.69. The van der Waals surface area contributed by atoms with Crippen LogP contribution in [-0.2, 0) is 0 Å². The van der Waals surface area contributed by atoms with Crippen molar-refractivity contribution in [3.63, 3.8) is 0 Å². The molecule has 0 heterocycles. The van der Waals surface area contributed by atoms with Crippen LogP contribution in [0, 0.1) is 0 Å². The molecule has 0 saturated heterocycles. The molecule has 1 aromatic rings. The molecule has 1 rings (SSSR count). The van der Waals surface area contributed by atoms with Gasteiger partial charge in [-0.3, -0.25) is 16.2 Å². The van der Waals surface area contributed by atoms with Gasteiger partial charge in [-0.1, -0.05) is 32.0 Å². The van der Waals surface area contributed by atoms with Gasteiger partial charge in [0.25, 0.3) is 0 Å². The first kappa shape index (κ1) is 16.0. The molecular formula is C15H27N3O. The summed E-state index contributed by atoms with van der Waals surface area (Å²) in [5.74, 6) is 6.70. The Morgan fingerprint density at radius 2 is 1.84 bits per heavy atom. The highest BCUT2D eigenvalue weighted by atomic mass is 16.5. The lowest BCUT2D eigenvalue weighted by Gasteiger charge is -2.43. The number of rotatable bonds is 7. The Bertz CT molecular complexity index is 389. The second-order valence-electron chi connectivity index (χ2n) is 5.17. The maximum atomic E-state index is 5.83. The van der Waals surface area contributed by atoms with Gasteiger partial charge in [0.15, 0.2) is 0 Å². The number of hydrogen-bond donors (Lipinski definition) is 2. The number of nitrogens with one attached hydrogen (secondary N) is 1. The van der Waals surface area contributed by atoms with Crippen molar-refractivity contribution in [2.75, 3.05) is 20.2 Å². The van der Waals surface area contributed by atoms with Crippen molar-refractivity contribution < 1.29 is 4.74 Å². The highest BCUT2D eigenvalue weighted by Crippen LogP contribution is 2.35. The number of nitrogens with two attached hydrogens (primary N) is 1. The molecule has 0 amide bonds. The van der Waals surface area contributed by atoms with Gasteiger partial charge in [0.05, 0.1) is 13.2 Å². The first-order valence-electron chi connectivity index (χ1n) is 6.86. The van der Waals surface area contributed by atoms with Gasteiger partial charge in [-0.05, 0) is 33.0 Å². The fourth-order valence-corrected chi connectivity index (χ4v) is 2.80. The molecule has 1 unspecified atom stereocenters. The topological polar surface area (TPSA) is 50.5 Å². The van der Waals surface area contributed by atoms with E-state index in [1.54, 1.807) is 7.11 Å². The minimum atomic E-state index is -0.104. The lowest BCUT2D eigenvalue weighted by molar-refractivity contribution is 0.0901. The fraction of sp³-hybridized carbons (Fsp3) is 0.600. The number of benzene rings is 1. The Balaban J connectivity index is 3.18. The summed E-state index contributed by atoms with van der Waals surface area (Å²) in [6, 6.07) is 8.02. The molecule has 0 aliphatic carbocycles. The number of para-hydroxylation sites is 1. The zero-order chi connectivity index (χ0) is 14.5. The monoisotopic (exact) mass is 265 g/mol. The Morgan fingerprint density at radius 3 is 2.32 bits per heavy atom. The van der Waals surface area contributed by atoms with Crippen LogP contribution in [0.2, 0.25) is 0 Å². The lowest BCUT2D eigenvalue weighted by atomic mass is 9.86. The van der Waals surface area contributed by atoms with Gasteiger partial charge in [0.1, 0.15) is 5.75 Å². The molecule has 0 spiro atoms. The Labute approximate surface area is 116 Å². The molecule has 0 aliphatic rings. The Kier molecular flexibility index (Phi) is 5.79. The minimum Gasteiger partial charge on any atom is -0.496 e. The quantitative estimate of drug-likeness (QED) is 0.587. The van der Waals surface area contributed by atoms with Crippen molar-refractivity contribution in [3.05, 3.63) is 29.8 Å². The summed E-state index contributed by atoms with van der Waals surface area (Å²) in [6.45, 7) is 10.7. The first-order valence-corrected chi connectivity index (χ1v) is 6.86. The second-order valence-corrected chi connectivity index (χ2v) is 5.17. The van der Waals surface area contributed by atoms with Crippen molar-refractivity contribution in [2.45, 2.75) is 39.3 Å². The summed E-state index contributed by atoms with van der Waals surface area (Å²) in [4.78, 5) is 2.39. The van der Waals surface area contributed by atoms with Crippen LogP contribution in [0.25, 0.3) is 0 Å². The molecular weight excluding hydrogens is 238 g/mol. The zero-order valence-electron chi connectivity index (χ0n) is 12.7. The summed E-state index contributed by atoms with van der Waals surface area (Å²) in [6.07, 6.45) is 0. The largest absolute Gasteiger partial charge is 0.496 e. The molecule has 4 nitrogen and oxygen atoms in total. The van der Waals surface area contributed by atoms with E-state index in [-0.39, 0.29) is 11.6 Å². The standard InChI is InChI=1S/C15H27N3O/c1-6-18(7-2)15(3,4)14(17-16)12-10-8-9-11-13(12)19-5/h8-11,14,17H,6-7,16H2,1-5H3. The average molecular weight is 265 g/mol. The number of ether oxygens (including phenoxy) is 1. The molecule has 0 bridgehead atoms. The molecule has 0 fully saturated rings. The average Bonchev–Trinajstić information content (AvgIpc) is 2.40. The van der Waals surface area contributed by atoms with E-state index in [2.05, 4.69) is 44.1 Å². The maximum absolute atomic E-state index is 5.83. The third-order valence-corrected chi connectivity index (χ3v) is 3.90. The van der Waals surface area contributed by atoms with Crippen molar-refractivity contribution in [1.82, 2.24) is 10.3 Å². The highest BCUT2D eigenvalue weighted by molar-refractivity contribution is 5.37. The number of methoxy groups -OCH3 is 1. The minimum absolute atomic E-state index is 0.00329. The SMILES string of the molecule is CCN(CC)C(C)(C)C(NN)c1ccccc1OC. The van der Waals surface area contributed by atoms with Gasteiger partial charge in [0, 0.05) is 11.1 Å². The predicted molar refractivity (Wildman–Crippen MR) is 80.1 cm³/mol. The summed E-state index contributed by atoms with van der Waals surface area (Å²) < 4.78 is 5.46. The number of hydrogen-bond acceptors (Lipinski definition) is 4. The van der Waals surface area contributed by atoms with Gasteiger partial charge in [-0.15, -0.1) is 0 Å². The predicted octanol–water partition coefficient (Wildman–Crippen LogP) is 2.32. The van der Waals surface area contributed by atoms with Gasteiger partial charge >= 0.3 is 0 Å². The second kappa shape index (κ2) is 6.89. The lowest BCUT2D eigenvalue weighted by Crippen LogP contribution is -2.54. The van der Waals surface area contributed by atoms with E-state index in [0.29, 0.717) is 0 Å². The Morgan fingerprint density at radius 1 is 1.26 bits per heavy atom. The number of hydrazine groups is 1. The first-order chi connectivity index (χ1) is 9.02. The third kappa shape index (κ3) is 3.26. The smallest absolute Gasteiger partial charge is 0.123 e. The van der Waals surface area contributed by atoms with Crippen molar-refractivity contribution in [1.29, 1.82) is 0 Å². The molecule has 4 heteroatoms. The van der Waals surface area contributed by atoms with Crippen LogP contribution in [0.5, 0.6) is 5.75 Å². The maximum Gasteiger partial charge on any atom is 0.123 e. The van der Waals surface area contributed by atoms with Crippen LogP contribution in [0.15, 0.2) is 24.3 Å². The van der Waals surface area contributed by atoms with Gasteiger partial charge in [-0.2, -0.15) is 0 Å². The van der Waals surface area contributed by atoms with Gasteiger partial charge in [-0.25, -0.2) is 0 Å². The molecule has 108 valence electrons. The molecule has 0 saturated carbocycles. The summed E-state index contributed by atoms with van der Waals surface area (Å²) >= 11 is 0. The fourth-order valence-electron chi connectivity index (χ4n) is 2.80. The molecule has 0 aliphatic heterocycles. The molecule has 3 N–H and O–H groups in total. The molecule has 0 radical (unpaired) electrons. The van der Waals surface area contributed by atoms with E-state index in [9.17, 15) is 0 Å². The van der Waals surface area contributed by atoms with Crippen LogP contribution in [-0.4, -0.2) is 30.6 Å². The third-order valence-electron chi connectivity index (χ3n) is 3.90. The van der Waals surface area contributed by atoms with E-state index >= 15 is 0 Å². The van der Waals surface area contributed by atoms with E-state index in [1.807, 2.05) is 18.2 Å². The van der Waals surface area contributed by atoms with Crippen LogP contribution in [0.1, 0.15) is 39.3 Å². The molecule has 19 heavy (non-hydrogen) atoms. The van der Waals surface area contributed by atoms with Crippen LogP contribution in [0.3, 0.4) is 0 Å². The van der Waals surface area contributed by atoms with E-state index < -0.39 is 0 Å². The number of nitrogens with zero attached hydrogens (tertiary/aromatic N) is 1.